The molecule has 0 aromatic heterocycles. The zero-order valence-corrected chi connectivity index (χ0v) is 22.4. The van der Waals surface area contributed by atoms with Gasteiger partial charge in [-0.25, -0.2) is 0 Å². The average molecular weight is 511 g/mol. The third-order valence-electron chi connectivity index (χ3n) is 7.23. The molecule has 1 heterocycles. The van der Waals surface area contributed by atoms with Crippen molar-refractivity contribution in [1.82, 2.24) is 4.90 Å². The SMILES string of the molecule is COc1ccc(NC(=O)c2ccc(-c3cccc(NC(C)=O)c3)cc2)cc1C1(C#N)CCN(C(C)C)CC1. The predicted octanol–water partition coefficient (Wildman–Crippen LogP) is 5.84. The highest BCUT2D eigenvalue weighted by atomic mass is 16.5. The van der Waals surface area contributed by atoms with Crippen LogP contribution in [0.2, 0.25) is 0 Å². The number of benzene rings is 3. The van der Waals surface area contributed by atoms with Crippen molar-refractivity contribution in [2.75, 3.05) is 30.8 Å². The zero-order chi connectivity index (χ0) is 27.3. The van der Waals surface area contributed by atoms with Gasteiger partial charge in [0.25, 0.3) is 5.91 Å². The van der Waals surface area contributed by atoms with Crippen LogP contribution >= 0.6 is 0 Å². The van der Waals surface area contributed by atoms with Crippen LogP contribution in [0.1, 0.15) is 49.5 Å². The van der Waals surface area contributed by atoms with E-state index in [1.54, 1.807) is 25.3 Å². The number of nitrogens with zero attached hydrogens (tertiary/aromatic N) is 2. The Morgan fingerprint density at radius 1 is 0.947 bits per heavy atom. The molecule has 2 amide bonds. The van der Waals surface area contributed by atoms with Crippen LogP contribution in [0.4, 0.5) is 11.4 Å². The van der Waals surface area contributed by atoms with Gasteiger partial charge in [-0.2, -0.15) is 5.26 Å². The van der Waals surface area contributed by atoms with E-state index in [0.29, 0.717) is 35.9 Å². The van der Waals surface area contributed by atoms with Crippen LogP contribution in [-0.4, -0.2) is 43.0 Å². The smallest absolute Gasteiger partial charge is 0.255 e. The van der Waals surface area contributed by atoms with Gasteiger partial charge in [0.2, 0.25) is 5.91 Å². The number of hydrogen-bond acceptors (Lipinski definition) is 5. The zero-order valence-electron chi connectivity index (χ0n) is 22.4. The van der Waals surface area contributed by atoms with Gasteiger partial charge in [-0.1, -0.05) is 24.3 Å². The molecule has 0 aliphatic carbocycles. The first-order valence-electron chi connectivity index (χ1n) is 12.9. The van der Waals surface area contributed by atoms with Crippen LogP contribution in [0.15, 0.2) is 66.7 Å². The Morgan fingerprint density at radius 2 is 1.63 bits per heavy atom. The summed E-state index contributed by atoms with van der Waals surface area (Å²) in [5, 5.41) is 16.0. The van der Waals surface area contributed by atoms with E-state index in [-0.39, 0.29) is 11.8 Å². The number of ether oxygens (including phenoxy) is 1. The number of nitriles is 1. The summed E-state index contributed by atoms with van der Waals surface area (Å²) in [6.45, 7) is 7.49. The minimum absolute atomic E-state index is 0.127. The number of amides is 2. The Labute approximate surface area is 224 Å². The number of piperidine rings is 1. The third kappa shape index (κ3) is 5.87. The van der Waals surface area contributed by atoms with Crippen molar-refractivity contribution in [2.45, 2.75) is 45.1 Å². The van der Waals surface area contributed by atoms with Gasteiger partial charge in [-0.15, -0.1) is 0 Å². The normalized spacial score (nSPS) is 14.9. The molecule has 3 aromatic rings. The van der Waals surface area contributed by atoms with Gasteiger partial charge in [0.1, 0.15) is 5.75 Å². The van der Waals surface area contributed by atoms with Crippen molar-refractivity contribution in [2.24, 2.45) is 0 Å². The minimum Gasteiger partial charge on any atom is -0.496 e. The molecule has 7 heteroatoms. The summed E-state index contributed by atoms with van der Waals surface area (Å²) in [5.74, 6) is 0.297. The van der Waals surface area contributed by atoms with E-state index in [0.717, 1.165) is 35.5 Å². The van der Waals surface area contributed by atoms with Crippen molar-refractivity contribution >= 4 is 23.2 Å². The van der Waals surface area contributed by atoms with Crippen LogP contribution in [0.5, 0.6) is 5.75 Å². The molecule has 1 fully saturated rings. The maximum absolute atomic E-state index is 13.1. The molecular formula is C31H34N4O3. The molecule has 1 saturated heterocycles. The van der Waals surface area contributed by atoms with Crippen molar-refractivity contribution in [3.05, 3.63) is 77.9 Å². The molecule has 0 unspecified atom stereocenters. The number of nitrogens with one attached hydrogen (secondary N) is 2. The summed E-state index contributed by atoms with van der Waals surface area (Å²) in [5.41, 5.74) is 3.89. The molecule has 0 radical (unpaired) electrons. The predicted molar refractivity (Wildman–Crippen MR) is 150 cm³/mol. The molecule has 0 bridgehead atoms. The minimum atomic E-state index is -0.662. The summed E-state index contributed by atoms with van der Waals surface area (Å²) in [4.78, 5) is 26.8. The Balaban J connectivity index is 1.52. The van der Waals surface area contributed by atoms with Crippen LogP contribution in [0.25, 0.3) is 11.1 Å². The second-order valence-electron chi connectivity index (χ2n) is 10.0. The molecule has 0 spiro atoms. The van der Waals surface area contributed by atoms with Crippen molar-refractivity contribution in [1.29, 1.82) is 5.26 Å². The fourth-order valence-electron chi connectivity index (χ4n) is 5.02. The second-order valence-corrected chi connectivity index (χ2v) is 10.0. The van der Waals surface area contributed by atoms with E-state index in [2.05, 4.69) is 35.5 Å². The number of anilines is 2. The van der Waals surface area contributed by atoms with Crippen LogP contribution < -0.4 is 15.4 Å². The number of methoxy groups -OCH3 is 1. The Morgan fingerprint density at radius 3 is 2.24 bits per heavy atom. The van der Waals surface area contributed by atoms with Gasteiger partial charge >= 0.3 is 0 Å². The molecule has 4 rings (SSSR count). The lowest BCUT2D eigenvalue weighted by molar-refractivity contribution is -0.114. The lowest BCUT2D eigenvalue weighted by Gasteiger charge is -2.40. The maximum Gasteiger partial charge on any atom is 0.255 e. The first kappa shape index (κ1) is 26.9. The molecule has 7 nitrogen and oxygen atoms in total. The summed E-state index contributed by atoms with van der Waals surface area (Å²) >= 11 is 0. The number of hydrogen-bond donors (Lipinski definition) is 2. The van der Waals surface area contributed by atoms with Gasteiger partial charge in [-0.05, 0) is 80.3 Å². The number of rotatable bonds is 7. The van der Waals surface area contributed by atoms with Crippen LogP contribution in [0, 0.1) is 11.3 Å². The first-order chi connectivity index (χ1) is 18.2. The van der Waals surface area contributed by atoms with E-state index >= 15 is 0 Å². The van der Waals surface area contributed by atoms with Gasteiger partial charge in [0.15, 0.2) is 0 Å². The van der Waals surface area contributed by atoms with Crippen molar-refractivity contribution < 1.29 is 14.3 Å². The van der Waals surface area contributed by atoms with Crippen molar-refractivity contribution in [3.63, 3.8) is 0 Å². The molecule has 38 heavy (non-hydrogen) atoms. The Hall–Kier alpha value is -4.15. The highest BCUT2D eigenvalue weighted by Gasteiger charge is 2.39. The molecule has 1 aliphatic heterocycles. The maximum atomic E-state index is 13.1. The van der Waals surface area contributed by atoms with E-state index in [9.17, 15) is 14.9 Å². The summed E-state index contributed by atoms with van der Waals surface area (Å²) < 4.78 is 5.63. The number of carbonyl (C=O) groups excluding carboxylic acids is 2. The highest BCUT2D eigenvalue weighted by molar-refractivity contribution is 6.04. The molecule has 0 saturated carbocycles. The molecular weight excluding hydrogens is 476 g/mol. The quantitative estimate of drug-likeness (QED) is 0.417. The summed E-state index contributed by atoms with van der Waals surface area (Å²) in [6.07, 6.45) is 1.42. The molecule has 0 atom stereocenters. The monoisotopic (exact) mass is 510 g/mol. The standard InChI is InChI=1S/C31H34N4O3/c1-21(2)35-16-14-31(20-32,15-17-35)28-19-27(12-13-29(28)38-4)34-30(37)24-10-8-23(9-11-24)25-6-5-7-26(18-25)33-22(3)36/h5-13,18-19,21H,14-17H2,1-4H3,(H,33,36)(H,34,37). The molecule has 3 aromatic carbocycles. The highest BCUT2D eigenvalue weighted by Crippen LogP contribution is 2.41. The van der Waals surface area contributed by atoms with Crippen molar-refractivity contribution in [3.8, 4) is 22.9 Å². The molecule has 196 valence electrons. The summed E-state index contributed by atoms with van der Waals surface area (Å²) in [7, 11) is 1.61. The fraction of sp³-hybridized carbons (Fsp3) is 0.323. The van der Waals surface area contributed by atoms with Gasteiger partial charge in [0.05, 0.1) is 18.6 Å². The number of likely N-dealkylation sites (tertiary alicyclic amines) is 1. The average Bonchev–Trinajstić information content (AvgIpc) is 2.93. The third-order valence-corrected chi connectivity index (χ3v) is 7.23. The molecule has 2 N–H and O–H groups in total. The van der Waals surface area contributed by atoms with Crippen LogP contribution in [-0.2, 0) is 10.2 Å². The summed E-state index contributed by atoms with van der Waals surface area (Å²) in [6, 6.07) is 23.4. The lowest BCUT2D eigenvalue weighted by atomic mass is 9.73. The topological polar surface area (TPSA) is 94.5 Å². The van der Waals surface area contributed by atoms with E-state index in [1.807, 2.05) is 48.5 Å². The first-order valence-corrected chi connectivity index (χ1v) is 12.9. The van der Waals surface area contributed by atoms with E-state index < -0.39 is 5.41 Å². The Bertz CT molecular complexity index is 1350. The Kier molecular flexibility index (Phi) is 8.13. The number of carbonyl (C=O) groups is 2. The molecule has 1 aliphatic rings. The van der Waals surface area contributed by atoms with Gasteiger partial charge < -0.3 is 20.3 Å². The van der Waals surface area contributed by atoms with Crippen LogP contribution in [0.3, 0.4) is 0 Å². The second kappa shape index (κ2) is 11.5. The largest absolute Gasteiger partial charge is 0.496 e. The lowest BCUT2D eigenvalue weighted by Crippen LogP contribution is -2.44. The van der Waals surface area contributed by atoms with E-state index in [1.165, 1.54) is 6.92 Å². The fourth-order valence-corrected chi connectivity index (χ4v) is 5.02. The van der Waals surface area contributed by atoms with Gasteiger partial charge in [0, 0.05) is 48.6 Å². The van der Waals surface area contributed by atoms with Gasteiger partial charge in [-0.3, -0.25) is 9.59 Å². The van der Waals surface area contributed by atoms with E-state index in [4.69, 9.17) is 4.74 Å².